The molecule has 1 N–H and O–H groups in total. The molecule has 2 aliphatic carbocycles. The number of carbonyl (C=O) groups excluding carboxylic acids is 1. The summed E-state index contributed by atoms with van der Waals surface area (Å²) in [6, 6.07) is 7.79. The summed E-state index contributed by atoms with van der Waals surface area (Å²) in [4.78, 5) is 13.0. The van der Waals surface area contributed by atoms with E-state index < -0.39 is 0 Å². The Labute approximate surface area is 180 Å². The second-order valence-electron chi connectivity index (χ2n) is 8.53. The number of rotatable bonds is 4. The standard InChI is InChI=1S/C23H25ClN4O2/c1-14-5-10-21-17(11-14)22(27-30-21)23(29)26-19-3-2-4-20-18(19)12-25-28(20)13-15-6-8-16(24)9-7-15/h6-9,12,14,19H,2-5,10-11,13H2,1H3,(H,26,29)/t14-,19-/m0/s1. The van der Waals surface area contributed by atoms with Gasteiger partial charge in [-0.1, -0.05) is 35.8 Å². The molecule has 1 aromatic carbocycles. The van der Waals surface area contributed by atoms with Crippen molar-refractivity contribution in [3.8, 4) is 0 Å². The number of fused-ring (bicyclic) bond motifs is 2. The molecule has 6 nitrogen and oxygen atoms in total. The Morgan fingerprint density at radius 1 is 1.27 bits per heavy atom. The van der Waals surface area contributed by atoms with Gasteiger partial charge in [0.05, 0.1) is 18.8 Å². The fourth-order valence-corrected chi connectivity index (χ4v) is 4.78. The molecular weight excluding hydrogens is 400 g/mol. The summed E-state index contributed by atoms with van der Waals surface area (Å²) in [5.41, 5.74) is 4.89. The summed E-state index contributed by atoms with van der Waals surface area (Å²) in [6.07, 6.45) is 7.59. The molecule has 3 aromatic rings. The minimum atomic E-state index is -0.141. The van der Waals surface area contributed by atoms with Crippen LogP contribution < -0.4 is 5.32 Å². The predicted octanol–water partition coefficient (Wildman–Crippen LogP) is 4.51. The first-order valence-electron chi connectivity index (χ1n) is 10.7. The molecule has 30 heavy (non-hydrogen) atoms. The van der Waals surface area contributed by atoms with Gasteiger partial charge in [-0.05, 0) is 55.7 Å². The van der Waals surface area contributed by atoms with Gasteiger partial charge in [-0.2, -0.15) is 5.10 Å². The maximum Gasteiger partial charge on any atom is 0.274 e. The number of aryl methyl sites for hydroxylation is 1. The minimum Gasteiger partial charge on any atom is -0.360 e. The van der Waals surface area contributed by atoms with Crippen LogP contribution in [0.1, 0.15) is 70.9 Å². The van der Waals surface area contributed by atoms with E-state index in [9.17, 15) is 4.79 Å². The zero-order valence-electron chi connectivity index (χ0n) is 17.0. The van der Waals surface area contributed by atoms with Crippen LogP contribution in [0.2, 0.25) is 5.02 Å². The zero-order valence-corrected chi connectivity index (χ0v) is 17.8. The van der Waals surface area contributed by atoms with Gasteiger partial charge in [0, 0.05) is 28.3 Å². The van der Waals surface area contributed by atoms with Gasteiger partial charge < -0.3 is 9.84 Å². The summed E-state index contributed by atoms with van der Waals surface area (Å²) in [7, 11) is 0. The molecule has 0 bridgehead atoms. The van der Waals surface area contributed by atoms with Gasteiger partial charge in [-0.15, -0.1) is 0 Å². The van der Waals surface area contributed by atoms with Gasteiger partial charge in [0.25, 0.3) is 5.91 Å². The molecule has 2 aromatic heterocycles. The number of hydrogen-bond acceptors (Lipinski definition) is 4. The first-order valence-corrected chi connectivity index (χ1v) is 11.0. The second-order valence-corrected chi connectivity index (χ2v) is 8.97. The second kappa shape index (κ2) is 7.91. The summed E-state index contributed by atoms with van der Waals surface area (Å²) in [5, 5.41) is 12.6. The molecule has 2 aliphatic rings. The maximum atomic E-state index is 13.0. The van der Waals surface area contributed by atoms with Crippen molar-refractivity contribution in [3.63, 3.8) is 0 Å². The fraction of sp³-hybridized carbons (Fsp3) is 0.435. The quantitative estimate of drug-likeness (QED) is 0.669. The molecule has 156 valence electrons. The number of nitrogens with zero attached hydrogens (tertiary/aromatic N) is 3. The van der Waals surface area contributed by atoms with Crippen molar-refractivity contribution in [2.45, 2.75) is 58.0 Å². The van der Waals surface area contributed by atoms with Crippen LogP contribution in [0.5, 0.6) is 0 Å². The third kappa shape index (κ3) is 3.65. The first kappa shape index (κ1) is 19.4. The van der Waals surface area contributed by atoms with E-state index in [4.69, 9.17) is 16.1 Å². The predicted molar refractivity (Wildman–Crippen MR) is 114 cm³/mol. The molecule has 2 heterocycles. The molecule has 2 atom stereocenters. The van der Waals surface area contributed by atoms with Gasteiger partial charge in [-0.25, -0.2) is 0 Å². The Hall–Kier alpha value is -2.60. The molecule has 1 amide bonds. The number of carbonyl (C=O) groups is 1. The van der Waals surface area contributed by atoms with Gasteiger partial charge in [0.1, 0.15) is 5.76 Å². The van der Waals surface area contributed by atoms with Crippen LogP contribution in [0.3, 0.4) is 0 Å². The average Bonchev–Trinajstić information content (AvgIpc) is 3.34. The van der Waals surface area contributed by atoms with E-state index in [2.05, 4.69) is 22.5 Å². The lowest BCUT2D eigenvalue weighted by Crippen LogP contribution is -2.32. The molecule has 5 rings (SSSR count). The van der Waals surface area contributed by atoms with Crippen molar-refractivity contribution >= 4 is 17.5 Å². The third-order valence-electron chi connectivity index (χ3n) is 6.32. The smallest absolute Gasteiger partial charge is 0.274 e. The Morgan fingerprint density at radius 3 is 2.93 bits per heavy atom. The highest BCUT2D eigenvalue weighted by atomic mass is 35.5. The summed E-state index contributed by atoms with van der Waals surface area (Å²) >= 11 is 6.00. The first-order chi connectivity index (χ1) is 14.6. The maximum absolute atomic E-state index is 13.0. The lowest BCUT2D eigenvalue weighted by Gasteiger charge is -2.24. The third-order valence-corrected chi connectivity index (χ3v) is 6.57. The lowest BCUT2D eigenvalue weighted by atomic mass is 9.88. The Bertz CT molecular complexity index is 1070. The highest BCUT2D eigenvalue weighted by Crippen LogP contribution is 2.32. The van der Waals surface area contributed by atoms with Crippen LogP contribution in [0, 0.1) is 5.92 Å². The molecule has 7 heteroatoms. The molecule has 0 aliphatic heterocycles. The molecule has 0 saturated heterocycles. The van der Waals surface area contributed by atoms with Crippen molar-refractivity contribution in [2.24, 2.45) is 5.92 Å². The number of benzene rings is 1. The van der Waals surface area contributed by atoms with E-state index >= 15 is 0 Å². The van der Waals surface area contributed by atoms with Crippen LogP contribution in [-0.4, -0.2) is 20.8 Å². The van der Waals surface area contributed by atoms with Crippen molar-refractivity contribution in [1.82, 2.24) is 20.3 Å². The van der Waals surface area contributed by atoms with Gasteiger partial charge >= 0.3 is 0 Å². The highest BCUT2D eigenvalue weighted by Gasteiger charge is 2.30. The van der Waals surface area contributed by atoms with E-state index in [-0.39, 0.29) is 11.9 Å². The molecule has 0 fully saturated rings. The Kier molecular flexibility index (Phi) is 5.11. The number of aromatic nitrogens is 3. The summed E-state index contributed by atoms with van der Waals surface area (Å²) < 4.78 is 7.50. The van der Waals surface area contributed by atoms with E-state index in [1.54, 1.807) is 0 Å². The largest absolute Gasteiger partial charge is 0.360 e. The fourth-order valence-electron chi connectivity index (χ4n) is 4.65. The van der Waals surface area contributed by atoms with Crippen molar-refractivity contribution in [2.75, 3.05) is 0 Å². The highest BCUT2D eigenvalue weighted by molar-refractivity contribution is 6.30. The average molecular weight is 425 g/mol. The van der Waals surface area contributed by atoms with Crippen molar-refractivity contribution in [3.05, 3.63) is 69.3 Å². The Balaban J connectivity index is 1.34. The van der Waals surface area contributed by atoms with Gasteiger partial charge in [0.15, 0.2) is 5.69 Å². The topological polar surface area (TPSA) is 73.0 Å². The van der Waals surface area contributed by atoms with Crippen molar-refractivity contribution in [1.29, 1.82) is 0 Å². The molecule has 0 radical (unpaired) electrons. The minimum absolute atomic E-state index is 0.0476. The number of halogens is 1. The lowest BCUT2D eigenvalue weighted by molar-refractivity contribution is 0.0922. The van der Waals surface area contributed by atoms with Crippen LogP contribution >= 0.6 is 11.6 Å². The molecular formula is C23H25ClN4O2. The summed E-state index contributed by atoms with van der Waals surface area (Å²) in [5.74, 6) is 1.28. The number of nitrogens with one attached hydrogen (secondary N) is 1. The van der Waals surface area contributed by atoms with Gasteiger partial charge in [0.2, 0.25) is 0 Å². The van der Waals surface area contributed by atoms with Crippen LogP contribution in [0.15, 0.2) is 35.0 Å². The zero-order chi connectivity index (χ0) is 20.7. The van der Waals surface area contributed by atoms with E-state index in [1.807, 2.05) is 35.1 Å². The van der Waals surface area contributed by atoms with Crippen LogP contribution in [-0.2, 0) is 25.8 Å². The summed E-state index contributed by atoms with van der Waals surface area (Å²) in [6.45, 7) is 2.90. The molecule has 0 spiro atoms. The van der Waals surface area contributed by atoms with Gasteiger partial charge in [-0.3, -0.25) is 9.48 Å². The molecule has 0 saturated carbocycles. The Morgan fingerprint density at radius 2 is 2.10 bits per heavy atom. The van der Waals surface area contributed by atoms with E-state index in [0.717, 1.165) is 66.0 Å². The van der Waals surface area contributed by atoms with Crippen LogP contribution in [0.4, 0.5) is 0 Å². The van der Waals surface area contributed by atoms with E-state index in [1.165, 1.54) is 5.69 Å². The number of hydrogen-bond donors (Lipinski definition) is 1. The molecule has 0 unspecified atom stereocenters. The monoisotopic (exact) mass is 424 g/mol. The normalized spacial score (nSPS) is 20.5. The number of amides is 1. The SMILES string of the molecule is C[C@H]1CCc2onc(C(=O)N[C@H]3CCCc4c3cnn4Cc3ccc(Cl)cc3)c2C1. The van der Waals surface area contributed by atoms with Crippen LogP contribution in [0.25, 0.3) is 0 Å². The van der Waals surface area contributed by atoms with Crippen molar-refractivity contribution < 1.29 is 9.32 Å². The van der Waals surface area contributed by atoms with E-state index in [0.29, 0.717) is 18.2 Å².